The summed E-state index contributed by atoms with van der Waals surface area (Å²) in [5.41, 5.74) is 2.44. The summed E-state index contributed by atoms with van der Waals surface area (Å²) in [6, 6.07) is 12.6. The van der Waals surface area contributed by atoms with Crippen LogP contribution in [0, 0.1) is 0 Å². The molecule has 4 aromatic rings. The number of likely N-dealkylation sites (tertiary alicyclic amines) is 1. The molecule has 1 fully saturated rings. The number of likely N-dealkylation sites (N-methyl/N-ethyl adjacent to an activating group) is 2. The second-order valence-electron chi connectivity index (χ2n) is 8.92. The predicted octanol–water partition coefficient (Wildman–Crippen LogP) is 2.61. The van der Waals surface area contributed by atoms with Crippen molar-refractivity contribution in [2.75, 3.05) is 46.2 Å². The molecule has 0 aromatic carbocycles. The second kappa shape index (κ2) is 10.7. The smallest absolute Gasteiger partial charge is 0.233 e. The van der Waals surface area contributed by atoms with Crippen LogP contribution in [0.1, 0.15) is 18.1 Å². The predicted molar refractivity (Wildman–Crippen MR) is 135 cm³/mol. The molecule has 1 amide bonds. The fraction of sp³-hybridized carbons (Fsp3) is 0.320. The number of carbonyl (C=O) groups excluding carboxylic acids is 1. The number of rotatable bonds is 9. The Kier molecular flexibility index (Phi) is 6.99. The minimum atomic E-state index is -0.299. The normalized spacial score (nSPS) is 15.4. The highest BCUT2D eigenvalue weighted by molar-refractivity contribution is 5.85. The van der Waals surface area contributed by atoms with Gasteiger partial charge in [0.05, 0.1) is 17.1 Å². The SMILES string of the molecule is CN(C)CCOc1ccc(Nc2nccc(-c3cccc(-c4cc([C@@H]5CCN(C)C5=O)on4)n3)n2)nn1. The van der Waals surface area contributed by atoms with E-state index in [0.29, 0.717) is 65.8 Å². The molecule has 0 aliphatic carbocycles. The van der Waals surface area contributed by atoms with E-state index >= 15 is 0 Å². The Balaban J connectivity index is 1.28. The van der Waals surface area contributed by atoms with Gasteiger partial charge in [0.25, 0.3) is 0 Å². The Morgan fingerprint density at radius 2 is 1.89 bits per heavy atom. The molecule has 12 heteroatoms. The van der Waals surface area contributed by atoms with Gasteiger partial charge in [0.2, 0.25) is 17.7 Å². The number of amides is 1. The fourth-order valence-corrected chi connectivity index (χ4v) is 3.85. The van der Waals surface area contributed by atoms with Crippen LogP contribution in [0.5, 0.6) is 5.88 Å². The first kappa shape index (κ1) is 24.3. The van der Waals surface area contributed by atoms with Gasteiger partial charge >= 0.3 is 0 Å². The van der Waals surface area contributed by atoms with Crippen molar-refractivity contribution in [3.8, 4) is 28.7 Å². The number of anilines is 2. The molecular formula is C25H27N9O3. The highest BCUT2D eigenvalue weighted by Crippen LogP contribution is 2.30. The molecule has 5 rings (SSSR count). The summed E-state index contributed by atoms with van der Waals surface area (Å²) >= 11 is 0. The maximum absolute atomic E-state index is 12.3. The summed E-state index contributed by atoms with van der Waals surface area (Å²) in [4.78, 5) is 29.6. The van der Waals surface area contributed by atoms with E-state index in [2.05, 4.69) is 30.6 Å². The van der Waals surface area contributed by atoms with Gasteiger partial charge in [-0.1, -0.05) is 11.2 Å². The quantitative estimate of drug-likeness (QED) is 0.362. The number of aromatic nitrogens is 6. The summed E-state index contributed by atoms with van der Waals surface area (Å²) < 4.78 is 11.1. The number of nitrogens with one attached hydrogen (secondary N) is 1. The van der Waals surface area contributed by atoms with E-state index in [1.165, 1.54) is 0 Å². The highest BCUT2D eigenvalue weighted by Gasteiger charge is 2.33. The molecular weight excluding hydrogens is 474 g/mol. The largest absolute Gasteiger partial charge is 0.475 e. The molecule has 1 saturated heterocycles. The molecule has 0 unspecified atom stereocenters. The van der Waals surface area contributed by atoms with Gasteiger partial charge in [-0.3, -0.25) is 4.79 Å². The Morgan fingerprint density at radius 3 is 2.62 bits per heavy atom. The van der Waals surface area contributed by atoms with Crippen LogP contribution >= 0.6 is 0 Å². The summed E-state index contributed by atoms with van der Waals surface area (Å²) in [5.74, 6) is 1.59. The summed E-state index contributed by atoms with van der Waals surface area (Å²) in [6.07, 6.45) is 2.35. The van der Waals surface area contributed by atoms with Gasteiger partial charge in [-0.15, -0.1) is 10.2 Å². The summed E-state index contributed by atoms with van der Waals surface area (Å²) in [5, 5.41) is 15.4. The Bertz CT molecular complexity index is 1370. The molecule has 1 N–H and O–H groups in total. The second-order valence-corrected chi connectivity index (χ2v) is 8.92. The zero-order valence-electron chi connectivity index (χ0n) is 20.8. The Labute approximate surface area is 213 Å². The van der Waals surface area contributed by atoms with Crippen molar-refractivity contribution in [2.45, 2.75) is 12.3 Å². The van der Waals surface area contributed by atoms with E-state index in [9.17, 15) is 4.79 Å². The average Bonchev–Trinajstić information content (AvgIpc) is 3.52. The van der Waals surface area contributed by atoms with Gasteiger partial charge in [-0.25, -0.2) is 15.0 Å². The van der Waals surface area contributed by atoms with Crippen molar-refractivity contribution < 1.29 is 14.1 Å². The van der Waals surface area contributed by atoms with Crippen LogP contribution in [0.25, 0.3) is 22.8 Å². The number of hydrogen-bond donors (Lipinski definition) is 1. The average molecular weight is 502 g/mol. The third-order valence-electron chi connectivity index (χ3n) is 5.90. The molecule has 0 radical (unpaired) electrons. The summed E-state index contributed by atoms with van der Waals surface area (Å²) in [7, 11) is 5.75. The number of nitrogens with zero attached hydrogens (tertiary/aromatic N) is 8. The topological polar surface area (TPSA) is 135 Å². The lowest BCUT2D eigenvalue weighted by atomic mass is 10.0. The molecule has 12 nitrogen and oxygen atoms in total. The van der Waals surface area contributed by atoms with Gasteiger partial charge in [0.1, 0.15) is 24.0 Å². The van der Waals surface area contributed by atoms with Crippen molar-refractivity contribution >= 4 is 17.7 Å². The van der Waals surface area contributed by atoms with E-state index in [4.69, 9.17) is 14.2 Å². The van der Waals surface area contributed by atoms with E-state index in [1.54, 1.807) is 42.4 Å². The van der Waals surface area contributed by atoms with Crippen molar-refractivity contribution in [1.82, 2.24) is 40.1 Å². The molecule has 0 saturated carbocycles. The van der Waals surface area contributed by atoms with Gasteiger partial charge in [0.15, 0.2) is 5.82 Å². The lowest BCUT2D eigenvalue weighted by Crippen LogP contribution is -2.21. The van der Waals surface area contributed by atoms with Crippen LogP contribution < -0.4 is 10.1 Å². The minimum Gasteiger partial charge on any atom is -0.475 e. The lowest BCUT2D eigenvalue weighted by Gasteiger charge is -2.10. The first-order valence-corrected chi connectivity index (χ1v) is 11.9. The van der Waals surface area contributed by atoms with E-state index in [-0.39, 0.29) is 11.8 Å². The number of hydrogen-bond acceptors (Lipinski definition) is 11. The van der Waals surface area contributed by atoms with Crippen LogP contribution in [0.3, 0.4) is 0 Å². The van der Waals surface area contributed by atoms with Crippen molar-refractivity contribution in [3.05, 3.63) is 54.4 Å². The highest BCUT2D eigenvalue weighted by atomic mass is 16.5. The van der Waals surface area contributed by atoms with E-state index in [1.807, 2.05) is 37.2 Å². The monoisotopic (exact) mass is 501 g/mol. The van der Waals surface area contributed by atoms with Gasteiger partial charge in [0, 0.05) is 38.5 Å². The maximum atomic E-state index is 12.3. The van der Waals surface area contributed by atoms with Crippen LogP contribution in [0.15, 0.2) is 53.2 Å². The molecule has 4 aromatic heterocycles. The first-order valence-electron chi connectivity index (χ1n) is 11.9. The molecule has 37 heavy (non-hydrogen) atoms. The van der Waals surface area contributed by atoms with Gasteiger partial charge in [-0.2, -0.15) is 0 Å². The number of pyridine rings is 1. The molecule has 0 bridgehead atoms. The third kappa shape index (κ3) is 5.70. The van der Waals surface area contributed by atoms with Crippen molar-refractivity contribution in [2.24, 2.45) is 0 Å². The van der Waals surface area contributed by atoms with Crippen LogP contribution in [-0.4, -0.2) is 86.9 Å². The molecule has 1 aliphatic rings. The minimum absolute atomic E-state index is 0.0432. The third-order valence-corrected chi connectivity index (χ3v) is 5.90. The first-order chi connectivity index (χ1) is 18.0. The van der Waals surface area contributed by atoms with Crippen molar-refractivity contribution in [1.29, 1.82) is 0 Å². The number of ether oxygens (including phenoxy) is 1. The molecule has 5 heterocycles. The Morgan fingerprint density at radius 1 is 1.08 bits per heavy atom. The lowest BCUT2D eigenvalue weighted by molar-refractivity contribution is -0.128. The van der Waals surface area contributed by atoms with E-state index < -0.39 is 0 Å². The molecule has 1 aliphatic heterocycles. The van der Waals surface area contributed by atoms with Crippen molar-refractivity contribution in [3.63, 3.8) is 0 Å². The number of carbonyl (C=O) groups is 1. The van der Waals surface area contributed by atoms with Crippen LogP contribution in [0.4, 0.5) is 11.8 Å². The van der Waals surface area contributed by atoms with Gasteiger partial charge in [-0.05, 0) is 44.8 Å². The maximum Gasteiger partial charge on any atom is 0.233 e. The van der Waals surface area contributed by atoms with Gasteiger partial charge < -0.3 is 24.4 Å². The van der Waals surface area contributed by atoms with Crippen LogP contribution in [0.2, 0.25) is 0 Å². The summed E-state index contributed by atoms with van der Waals surface area (Å²) in [6.45, 7) is 2.02. The van der Waals surface area contributed by atoms with Crippen LogP contribution in [-0.2, 0) is 4.79 Å². The zero-order chi connectivity index (χ0) is 25.8. The molecule has 1 atom stereocenters. The zero-order valence-corrected chi connectivity index (χ0v) is 20.8. The standard InChI is InChI=1S/C25H27N9O3/c1-33(2)13-14-36-23-8-7-22(30-31-23)29-25-26-11-9-19(28-25)17-5-4-6-18(27-17)20-15-21(37-32-20)16-10-12-34(3)24(16)35/h4-9,11,15-16H,10,12-14H2,1-3H3,(H,26,28,29,30)/t16-/m0/s1. The molecule has 190 valence electrons. The fourth-order valence-electron chi connectivity index (χ4n) is 3.85. The Hall–Kier alpha value is -4.45. The van der Waals surface area contributed by atoms with E-state index in [0.717, 1.165) is 6.54 Å². The molecule has 0 spiro atoms.